The summed E-state index contributed by atoms with van der Waals surface area (Å²) in [5.41, 5.74) is 2.13. The summed E-state index contributed by atoms with van der Waals surface area (Å²) in [6, 6.07) is 15.1. The third-order valence-corrected chi connectivity index (χ3v) is 11.4. The molecule has 0 aromatic heterocycles. The Bertz CT molecular complexity index is 1270. The van der Waals surface area contributed by atoms with E-state index in [1.165, 1.54) is 32.1 Å². The van der Waals surface area contributed by atoms with Crippen molar-refractivity contribution in [1.29, 1.82) is 0 Å². The van der Waals surface area contributed by atoms with Gasteiger partial charge in [-0.3, -0.25) is 9.69 Å². The lowest BCUT2D eigenvalue weighted by Gasteiger charge is -2.59. The molecule has 3 aliphatic carbocycles. The van der Waals surface area contributed by atoms with Gasteiger partial charge in [0.1, 0.15) is 0 Å². The molecule has 2 saturated carbocycles. The van der Waals surface area contributed by atoms with E-state index in [1.807, 2.05) is 60.4 Å². The van der Waals surface area contributed by atoms with E-state index in [9.17, 15) is 9.59 Å². The van der Waals surface area contributed by atoms with Crippen LogP contribution in [0.3, 0.4) is 0 Å². The summed E-state index contributed by atoms with van der Waals surface area (Å²) in [5.74, 6) is 1.71. The second kappa shape index (κ2) is 9.66. The van der Waals surface area contributed by atoms with Crippen LogP contribution in [0, 0.1) is 28.6 Å². The molecule has 0 unspecified atom stereocenters. The number of hydrogen-bond donors (Lipinski definition) is 1. The first-order valence-electron chi connectivity index (χ1n) is 14.4. The lowest BCUT2D eigenvalue weighted by molar-refractivity contribution is -0.118. The molecule has 1 N–H and O–H groups in total. The van der Waals surface area contributed by atoms with Crippen molar-refractivity contribution in [2.24, 2.45) is 28.6 Å². The van der Waals surface area contributed by atoms with E-state index in [0.29, 0.717) is 46.2 Å². The van der Waals surface area contributed by atoms with Gasteiger partial charge < -0.3 is 5.32 Å². The predicted molar refractivity (Wildman–Crippen MR) is 157 cm³/mol. The molecule has 0 spiro atoms. The minimum absolute atomic E-state index is 0.124. The predicted octanol–water partition coefficient (Wildman–Crippen LogP) is 8.37. The van der Waals surface area contributed by atoms with Gasteiger partial charge in [0, 0.05) is 40.2 Å². The molecular formula is C33H38Cl2N2O2. The van der Waals surface area contributed by atoms with Gasteiger partial charge in [0.2, 0.25) is 0 Å². The first kappa shape index (κ1) is 26.9. The minimum Gasteiger partial charge on any atom is -0.324 e. The highest BCUT2D eigenvalue weighted by Crippen LogP contribution is 2.64. The van der Waals surface area contributed by atoms with E-state index in [2.05, 4.69) is 19.2 Å². The summed E-state index contributed by atoms with van der Waals surface area (Å²) in [5, 5.41) is 4.70. The molecule has 39 heavy (non-hydrogen) atoms. The lowest BCUT2D eigenvalue weighted by Crippen LogP contribution is -2.61. The Labute approximate surface area is 242 Å². The number of rotatable bonds is 3. The Balaban J connectivity index is 1.40. The lowest BCUT2D eigenvalue weighted by atomic mass is 9.50. The summed E-state index contributed by atoms with van der Waals surface area (Å²) < 4.78 is 0. The zero-order valence-corrected chi connectivity index (χ0v) is 24.6. The van der Waals surface area contributed by atoms with Crippen molar-refractivity contribution < 1.29 is 9.59 Å². The van der Waals surface area contributed by atoms with Crippen LogP contribution < -0.4 is 5.32 Å². The summed E-state index contributed by atoms with van der Waals surface area (Å²) in [6.07, 6.45) is 9.41. The van der Waals surface area contributed by atoms with Crippen LogP contribution in [0.1, 0.15) is 76.8 Å². The van der Waals surface area contributed by atoms with E-state index in [1.54, 1.807) is 6.08 Å². The molecule has 1 saturated heterocycles. The van der Waals surface area contributed by atoms with E-state index >= 15 is 0 Å². The molecule has 0 radical (unpaired) electrons. The van der Waals surface area contributed by atoms with E-state index in [0.717, 1.165) is 23.2 Å². The van der Waals surface area contributed by atoms with Crippen LogP contribution in [0.2, 0.25) is 10.0 Å². The Hall–Kier alpha value is -2.30. The number of nitrogens with one attached hydrogen (secondary N) is 1. The van der Waals surface area contributed by atoms with E-state index in [-0.39, 0.29) is 17.2 Å². The number of allylic oxidation sites excluding steroid dienone is 2. The zero-order valence-electron chi connectivity index (χ0n) is 23.1. The zero-order chi connectivity index (χ0) is 27.6. The molecule has 2 aromatic rings. The number of carbonyl (C=O) groups excluding carboxylic acids is 2. The standard InChI is InChI=1S/C33H38Cl2N2O2/c1-31-16-4-5-27(31)26-20-37(29-19-25(38)14-18-32(29,2)28(26)15-17-31)30(39)36-33(3,21-6-10-23(34)11-7-21)22-8-12-24(35)13-9-22/h6-13,19,26-28H,4-5,14-18,20H2,1-3H3,(H,36,39)/t26-,27-,28-,31-,32+/m0/s1. The highest BCUT2D eigenvalue weighted by Gasteiger charge is 2.59. The number of benzene rings is 2. The van der Waals surface area contributed by atoms with Crippen molar-refractivity contribution in [3.8, 4) is 0 Å². The second-order valence-electron chi connectivity index (χ2n) is 13.1. The first-order valence-corrected chi connectivity index (χ1v) is 15.2. The van der Waals surface area contributed by atoms with Gasteiger partial charge in [-0.2, -0.15) is 0 Å². The number of hydrogen-bond acceptors (Lipinski definition) is 2. The number of fused-ring (bicyclic) bond motifs is 5. The summed E-state index contributed by atoms with van der Waals surface area (Å²) in [6.45, 7) is 7.49. The Morgan fingerprint density at radius 1 is 0.923 bits per heavy atom. The maximum absolute atomic E-state index is 14.5. The van der Waals surface area contributed by atoms with Crippen LogP contribution in [-0.2, 0) is 10.3 Å². The fraction of sp³-hybridized carbons (Fsp3) is 0.515. The van der Waals surface area contributed by atoms with Gasteiger partial charge in [-0.1, -0.05) is 67.7 Å². The highest BCUT2D eigenvalue weighted by atomic mass is 35.5. The number of amides is 2. The molecule has 4 nitrogen and oxygen atoms in total. The van der Waals surface area contributed by atoms with Gasteiger partial charge in [0.25, 0.3) is 0 Å². The van der Waals surface area contributed by atoms with Crippen molar-refractivity contribution in [2.75, 3.05) is 6.54 Å². The fourth-order valence-electron chi connectivity index (χ4n) is 8.65. The topological polar surface area (TPSA) is 49.4 Å². The number of carbonyl (C=O) groups is 2. The van der Waals surface area contributed by atoms with Gasteiger partial charge in [0.15, 0.2) is 5.78 Å². The van der Waals surface area contributed by atoms with Gasteiger partial charge in [-0.15, -0.1) is 0 Å². The number of halogens is 2. The molecule has 4 aliphatic rings. The SMILES string of the molecule is CC(NC(=O)N1C[C@H]2[C@@H]3CCC[C@@]3(C)CC[C@@H]2[C@@]2(C)CCC(=O)C=C12)(c1ccc(Cl)cc1)c1ccc(Cl)cc1. The average molecular weight is 566 g/mol. The van der Waals surface area contributed by atoms with Crippen molar-refractivity contribution >= 4 is 35.0 Å². The molecule has 1 aliphatic heterocycles. The largest absolute Gasteiger partial charge is 0.324 e. The minimum atomic E-state index is -0.826. The number of ketones is 1. The monoisotopic (exact) mass is 564 g/mol. The maximum atomic E-state index is 14.5. The summed E-state index contributed by atoms with van der Waals surface area (Å²) >= 11 is 12.5. The molecule has 206 valence electrons. The van der Waals surface area contributed by atoms with Crippen molar-refractivity contribution in [2.45, 2.75) is 71.3 Å². The first-order chi connectivity index (χ1) is 18.5. The van der Waals surface area contributed by atoms with Crippen molar-refractivity contribution in [1.82, 2.24) is 10.2 Å². The van der Waals surface area contributed by atoms with Gasteiger partial charge in [-0.05, 0) is 97.6 Å². The molecule has 3 fully saturated rings. The maximum Gasteiger partial charge on any atom is 0.322 e. The molecular weight excluding hydrogens is 527 g/mol. The second-order valence-corrected chi connectivity index (χ2v) is 13.9. The Morgan fingerprint density at radius 2 is 1.54 bits per heavy atom. The molecule has 6 heteroatoms. The van der Waals surface area contributed by atoms with Crippen molar-refractivity contribution in [3.05, 3.63) is 81.5 Å². The van der Waals surface area contributed by atoms with Crippen LogP contribution in [0.15, 0.2) is 60.3 Å². The van der Waals surface area contributed by atoms with Crippen LogP contribution in [-0.4, -0.2) is 23.3 Å². The van der Waals surface area contributed by atoms with E-state index < -0.39 is 5.54 Å². The number of piperidine rings is 1. The van der Waals surface area contributed by atoms with Crippen LogP contribution in [0.5, 0.6) is 0 Å². The van der Waals surface area contributed by atoms with Crippen LogP contribution in [0.4, 0.5) is 4.79 Å². The van der Waals surface area contributed by atoms with Gasteiger partial charge in [0.05, 0.1) is 5.54 Å². The summed E-state index contributed by atoms with van der Waals surface area (Å²) in [7, 11) is 0. The number of likely N-dealkylation sites (tertiary alicyclic amines) is 1. The highest BCUT2D eigenvalue weighted by molar-refractivity contribution is 6.30. The van der Waals surface area contributed by atoms with Gasteiger partial charge in [-0.25, -0.2) is 4.79 Å². The summed E-state index contributed by atoms with van der Waals surface area (Å²) in [4.78, 5) is 29.1. The average Bonchev–Trinajstić information content (AvgIpc) is 3.31. The molecule has 1 heterocycles. The third kappa shape index (κ3) is 4.43. The van der Waals surface area contributed by atoms with Crippen LogP contribution in [0.25, 0.3) is 0 Å². The molecule has 6 rings (SSSR count). The normalized spacial score (nSPS) is 32.1. The Morgan fingerprint density at radius 3 is 2.15 bits per heavy atom. The van der Waals surface area contributed by atoms with Gasteiger partial charge >= 0.3 is 6.03 Å². The molecule has 2 amide bonds. The van der Waals surface area contributed by atoms with Crippen molar-refractivity contribution in [3.63, 3.8) is 0 Å². The van der Waals surface area contributed by atoms with E-state index in [4.69, 9.17) is 23.2 Å². The smallest absolute Gasteiger partial charge is 0.322 e. The molecule has 5 atom stereocenters. The Kier molecular flexibility index (Phi) is 6.66. The quantitative estimate of drug-likeness (QED) is 0.407. The molecule has 0 bridgehead atoms. The third-order valence-electron chi connectivity index (χ3n) is 10.9. The molecule has 2 aromatic carbocycles. The van der Waals surface area contributed by atoms with Crippen LogP contribution >= 0.6 is 23.2 Å². The fourth-order valence-corrected chi connectivity index (χ4v) is 8.90. The number of urea groups is 1. The number of nitrogens with zero attached hydrogens (tertiary/aromatic N) is 1.